The Balaban J connectivity index is 2.51. The Kier molecular flexibility index (Phi) is 2.42. The van der Waals surface area contributed by atoms with Crippen LogP contribution in [0.15, 0.2) is 42.7 Å². The lowest BCUT2D eigenvalue weighted by molar-refractivity contribution is 0.0959. The van der Waals surface area contributed by atoms with Crippen molar-refractivity contribution in [3.05, 3.63) is 59.4 Å². The number of aromatic nitrogens is 1. The molecule has 1 aromatic carbocycles. The van der Waals surface area contributed by atoms with Gasteiger partial charge in [-0.25, -0.2) is 0 Å². The van der Waals surface area contributed by atoms with Crippen LogP contribution in [-0.2, 0) is 0 Å². The molecule has 0 radical (unpaired) electrons. The fourth-order valence-electron chi connectivity index (χ4n) is 1.75. The number of carbonyl (C=O) groups is 1. The Morgan fingerprint density at radius 1 is 1.00 bits per heavy atom. The monoisotopic (exact) mass is 199 g/mol. The lowest BCUT2D eigenvalue weighted by Crippen LogP contribution is -2.12. The molecule has 0 amide bonds. The van der Waals surface area contributed by atoms with E-state index < -0.39 is 0 Å². The molecule has 2 aromatic rings. The van der Waals surface area contributed by atoms with E-state index in [2.05, 4.69) is 0 Å². The Labute approximate surface area is 89.2 Å². The Morgan fingerprint density at radius 2 is 1.53 bits per heavy atom. The van der Waals surface area contributed by atoms with Crippen LogP contribution in [-0.4, -0.2) is 10.5 Å². The molecule has 2 heteroatoms. The molecule has 0 saturated heterocycles. The summed E-state index contributed by atoms with van der Waals surface area (Å²) < 4.78 is 1.61. The van der Waals surface area contributed by atoms with Crippen molar-refractivity contribution in [2.45, 2.75) is 13.8 Å². The maximum absolute atomic E-state index is 12.1. The molecule has 0 aliphatic heterocycles. The normalized spacial score (nSPS) is 10.3. The first-order valence-corrected chi connectivity index (χ1v) is 4.94. The summed E-state index contributed by atoms with van der Waals surface area (Å²) >= 11 is 0. The highest BCUT2D eigenvalue weighted by atomic mass is 16.2. The zero-order chi connectivity index (χ0) is 10.8. The second kappa shape index (κ2) is 3.73. The number of carbonyl (C=O) groups excluding carboxylic acids is 1. The van der Waals surface area contributed by atoms with Crippen LogP contribution in [0.5, 0.6) is 0 Å². The van der Waals surface area contributed by atoms with Crippen LogP contribution < -0.4 is 0 Å². The molecule has 0 N–H and O–H groups in total. The van der Waals surface area contributed by atoms with E-state index in [1.54, 1.807) is 17.0 Å². The van der Waals surface area contributed by atoms with Crippen LogP contribution in [0.25, 0.3) is 0 Å². The van der Waals surface area contributed by atoms with E-state index in [1.165, 1.54) is 0 Å². The maximum atomic E-state index is 12.1. The number of nitrogens with zero attached hydrogens (tertiary/aromatic N) is 1. The van der Waals surface area contributed by atoms with Crippen molar-refractivity contribution in [2.24, 2.45) is 0 Å². The quantitative estimate of drug-likeness (QED) is 0.692. The van der Waals surface area contributed by atoms with Gasteiger partial charge < -0.3 is 0 Å². The van der Waals surface area contributed by atoms with E-state index in [0.717, 1.165) is 16.7 Å². The molecule has 0 aliphatic rings. The van der Waals surface area contributed by atoms with Gasteiger partial charge in [0.05, 0.1) is 0 Å². The number of aryl methyl sites for hydroxylation is 2. The molecular weight excluding hydrogens is 186 g/mol. The lowest BCUT2D eigenvalue weighted by atomic mass is 10.0. The number of benzene rings is 1. The van der Waals surface area contributed by atoms with Gasteiger partial charge in [-0.3, -0.25) is 9.36 Å². The minimum absolute atomic E-state index is 0.0376. The van der Waals surface area contributed by atoms with Crippen LogP contribution in [0.1, 0.15) is 21.5 Å². The first-order valence-electron chi connectivity index (χ1n) is 4.94. The van der Waals surface area contributed by atoms with Crippen molar-refractivity contribution in [2.75, 3.05) is 0 Å². The molecule has 0 spiro atoms. The molecule has 1 heterocycles. The molecule has 0 saturated carbocycles. The highest BCUT2D eigenvalue weighted by Gasteiger charge is 2.12. The zero-order valence-corrected chi connectivity index (χ0v) is 8.90. The maximum Gasteiger partial charge on any atom is 0.262 e. The Morgan fingerprint density at radius 3 is 2.07 bits per heavy atom. The molecule has 0 bridgehead atoms. The summed E-state index contributed by atoms with van der Waals surface area (Å²) in [6, 6.07) is 9.60. The van der Waals surface area contributed by atoms with Gasteiger partial charge in [-0.2, -0.15) is 0 Å². The summed E-state index contributed by atoms with van der Waals surface area (Å²) in [7, 11) is 0. The standard InChI is InChI=1S/C13H13NO/c1-10-6-5-7-11(2)12(10)13(15)14-8-3-4-9-14/h3-9H,1-2H3. The lowest BCUT2D eigenvalue weighted by Gasteiger charge is -2.08. The second-order valence-corrected chi connectivity index (χ2v) is 3.66. The smallest absolute Gasteiger partial charge is 0.262 e. The van der Waals surface area contributed by atoms with Gasteiger partial charge in [0.25, 0.3) is 5.91 Å². The predicted molar refractivity (Wildman–Crippen MR) is 60.1 cm³/mol. The van der Waals surface area contributed by atoms with Crippen molar-refractivity contribution in [1.29, 1.82) is 0 Å². The predicted octanol–water partition coefficient (Wildman–Crippen LogP) is 2.79. The van der Waals surface area contributed by atoms with Gasteiger partial charge in [0, 0.05) is 18.0 Å². The SMILES string of the molecule is Cc1cccc(C)c1C(=O)n1cccc1. The van der Waals surface area contributed by atoms with Gasteiger partial charge in [-0.1, -0.05) is 18.2 Å². The van der Waals surface area contributed by atoms with Crippen molar-refractivity contribution >= 4 is 5.91 Å². The molecule has 2 nitrogen and oxygen atoms in total. The largest absolute Gasteiger partial charge is 0.291 e. The molecule has 1 aromatic heterocycles. The van der Waals surface area contributed by atoms with Gasteiger partial charge in [-0.15, -0.1) is 0 Å². The number of hydrogen-bond donors (Lipinski definition) is 0. The molecule has 15 heavy (non-hydrogen) atoms. The summed E-state index contributed by atoms with van der Waals surface area (Å²) in [6.45, 7) is 3.92. The minimum atomic E-state index is 0.0376. The van der Waals surface area contributed by atoms with Gasteiger partial charge in [0.1, 0.15) is 0 Å². The van der Waals surface area contributed by atoms with E-state index in [9.17, 15) is 4.79 Å². The molecule has 0 atom stereocenters. The van der Waals surface area contributed by atoms with Gasteiger partial charge in [0.15, 0.2) is 0 Å². The van der Waals surface area contributed by atoms with Crippen molar-refractivity contribution in [1.82, 2.24) is 4.57 Å². The highest BCUT2D eigenvalue weighted by molar-refractivity contribution is 5.98. The average Bonchev–Trinajstić information content (AvgIpc) is 2.69. The van der Waals surface area contributed by atoms with Gasteiger partial charge in [0.2, 0.25) is 0 Å². The minimum Gasteiger partial charge on any atom is -0.291 e. The van der Waals surface area contributed by atoms with Crippen LogP contribution in [0.2, 0.25) is 0 Å². The number of rotatable bonds is 1. The third-order valence-electron chi connectivity index (χ3n) is 2.53. The summed E-state index contributed by atoms with van der Waals surface area (Å²) in [5.41, 5.74) is 2.84. The summed E-state index contributed by atoms with van der Waals surface area (Å²) in [4.78, 5) is 12.1. The third kappa shape index (κ3) is 1.71. The van der Waals surface area contributed by atoms with Gasteiger partial charge in [-0.05, 0) is 37.1 Å². The molecular formula is C13H13NO. The van der Waals surface area contributed by atoms with E-state index in [-0.39, 0.29) is 5.91 Å². The fraction of sp³-hybridized carbons (Fsp3) is 0.154. The summed E-state index contributed by atoms with van der Waals surface area (Å²) in [5, 5.41) is 0. The van der Waals surface area contributed by atoms with E-state index in [0.29, 0.717) is 0 Å². The second-order valence-electron chi connectivity index (χ2n) is 3.66. The first kappa shape index (κ1) is 9.71. The van der Waals surface area contributed by atoms with Crippen molar-refractivity contribution < 1.29 is 4.79 Å². The van der Waals surface area contributed by atoms with Crippen LogP contribution in [0, 0.1) is 13.8 Å². The highest BCUT2D eigenvalue weighted by Crippen LogP contribution is 2.14. The number of hydrogen-bond acceptors (Lipinski definition) is 1. The third-order valence-corrected chi connectivity index (χ3v) is 2.53. The topological polar surface area (TPSA) is 22.0 Å². The molecule has 0 aliphatic carbocycles. The Hall–Kier alpha value is -1.83. The molecule has 0 unspecified atom stereocenters. The van der Waals surface area contributed by atoms with Crippen LogP contribution in [0.3, 0.4) is 0 Å². The van der Waals surface area contributed by atoms with Crippen molar-refractivity contribution in [3.8, 4) is 0 Å². The molecule has 0 fully saturated rings. The average molecular weight is 199 g/mol. The zero-order valence-electron chi connectivity index (χ0n) is 8.90. The fourth-order valence-corrected chi connectivity index (χ4v) is 1.75. The van der Waals surface area contributed by atoms with Crippen LogP contribution in [0.4, 0.5) is 0 Å². The van der Waals surface area contributed by atoms with E-state index in [1.807, 2.05) is 44.2 Å². The molecule has 76 valence electrons. The first-order chi connectivity index (χ1) is 7.20. The van der Waals surface area contributed by atoms with Gasteiger partial charge >= 0.3 is 0 Å². The van der Waals surface area contributed by atoms with Crippen molar-refractivity contribution in [3.63, 3.8) is 0 Å². The summed E-state index contributed by atoms with van der Waals surface area (Å²) in [6.07, 6.45) is 3.54. The van der Waals surface area contributed by atoms with E-state index in [4.69, 9.17) is 0 Å². The Bertz CT molecular complexity index is 463. The summed E-state index contributed by atoms with van der Waals surface area (Å²) in [5.74, 6) is 0.0376. The van der Waals surface area contributed by atoms with E-state index >= 15 is 0 Å². The molecule has 2 rings (SSSR count). The van der Waals surface area contributed by atoms with Crippen LogP contribution >= 0.6 is 0 Å².